The molecule has 0 radical (unpaired) electrons. The van der Waals surface area contributed by atoms with Crippen molar-refractivity contribution in [3.63, 3.8) is 0 Å². The van der Waals surface area contributed by atoms with Crippen molar-refractivity contribution in [2.75, 3.05) is 0 Å². The fraction of sp³-hybridized carbons (Fsp3) is 0.733. The molecule has 19 heavy (non-hydrogen) atoms. The monoisotopic (exact) mass is 270 g/mol. The van der Waals surface area contributed by atoms with Crippen molar-refractivity contribution in [1.82, 2.24) is 0 Å². The molecule has 0 aromatic rings. The third-order valence-corrected chi connectivity index (χ3v) is 3.34. The van der Waals surface area contributed by atoms with Gasteiger partial charge in [0, 0.05) is 0 Å². The Labute approximate surface area is 115 Å². The first-order chi connectivity index (χ1) is 9.00. The molecule has 0 aliphatic heterocycles. The van der Waals surface area contributed by atoms with E-state index in [1.54, 1.807) is 6.08 Å². The normalized spacial score (nSPS) is 14.4. The zero-order chi connectivity index (χ0) is 14.7. The SMILES string of the molecule is CCCCCCCC=CCC(C(=O)O)C(C)C(=O)O. The zero-order valence-corrected chi connectivity index (χ0v) is 12.0. The fourth-order valence-electron chi connectivity index (χ4n) is 1.92. The van der Waals surface area contributed by atoms with Crippen molar-refractivity contribution >= 4 is 11.9 Å². The minimum atomic E-state index is -1.06. The second kappa shape index (κ2) is 10.6. The molecule has 0 aromatic heterocycles. The predicted octanol–water partition coefficient (Wildman–Crippen LogP) is 3.71. The largest absolute Gasteiger partial charge is 0.481 e. The number of allylic oxidation sites excluding steroid dienone is 2. The van der Waals surface area contributed by atoms with Gasteiger partial charge < -0.3 is 10.2 Å². The third-order valence-electron chi connectivity index (χ3n) is 3.34. The van der Waals surface area contributed by atoms with Gasteiger partial charge in [-0.2, -0.15) is 0 Å². The van der Waals surface area contributed by atoms with E-state index >= 15 is 0 Å². The molecule has 4 nitrogen and oxygen atoms in total. The molecule has 0 saturated heterocycles. The molecule has 0 bridgehead atoms. The molecular formula is C15H26O4. The number of carboxylic acid groups (broad SMARTS) is 2. The molecule has 4 heteroatoms. The van der Waals surface area contributed by atoms with Gasteiger partial charge in [0.25, 0.3) is 0 Å². The highest BCUT2D eigenvalue weighted by molar-refractivity contribution is 5.79. The first-order valence-electron chi connectivity index (χ1n) is 7.11. The second-order valence-corrected chi connectivity index (χ2v) is 4.98. The average Bonchev–Trinajstić information content (AvgIpc) is 2.35. The molecule has 2 atom stereocenters. The van der Waals surface area contributed by atoms with Crippen LogP contribution in [0.15, 0.2) is 12.2 Å². The van der Waals surface area contributed by atoms with E-state index in [1.165, 1.54) is 32.6 Å². The number of unbranched alkanes of at least 4 members (excludes halogenated alkanes) is 5. The van der Waals surface area contributed by atoms with E-state index in [-0.39, 0.29) is 6.42 Å². The van der Waals surface area contributed by atoms with E-state index in [9.17, 15) is 9.59 Å². The molecule has 0 aliphatic rings. The maximum absolute atomic E-state index is 11.0. The van der Waals surface area contributed by atoms with Gasteiger partial charge >= 0.3 is 11.9 Å². The van der Waals surface area contributed by atoms with E-state index in [4.69, 9.17) is 10.2 Å². The number of rotatable bonds is 11. The van der Waals surface area contributed by atoms with Crippen molar-refractivity contribution in [3.05, 3.63) is 12.2 Å². The van der Waals surface area contributed by atoms with Crippen LogP contribution in [-0.2, 0) is 9.59 Å². The van der Waals surface area contributed by atoms with E-state index in [0.29, 0.717) is 0 Å². The number of hydrogen-bond donors (Lipinski definition) is 2. The minimum absolute atomic E-state index is 0.289. The van der Waals surface area contributed by atoms with Crippen LogP contribution in [-0.4, -0.2) is 22.2 Å². The number of hydrogen-bond acceptors (Lipinski definition) is 2. The van der Waals surface area contributed by atoms with Gasteiger partial charge in [-0.15, -0.1) is 0 Å². The maximum atomic E-state index is 11.0. The lowest BCUT2D eigenvalue weighted by Crippen LogP contribution is -2.27. The van der Waals surface area contributed by atoms with Crippen molar-refractivity contribution < 1.29 is 19.8 Å². The lowest BCUT2D eigenvalue weighted by Gasteiger charge is -2.14. The quantitative estimate of drug-likeness (QED) is 0.443. The summed E-state index contributed by atoms with van der Waals surface area (Å²) >= 11 is 0. The van der Waals surface area contributed by atoms with Crippen LogP contribution >= 0.6 is 0 Å². The smallest absolute Gasteiger partial charge is 0.307 e. The van der Waals surface area contributed by atoms with Gasteiger partial charge in [-0.3, -0.25) is 9.59 Å². The van der Waals surface area contributed by atoms with Crippen molar-refractivity contribution in [1.29, 1.82) is 0 Å². The van der Waals surface area contributed by atoms with Gasteiger partial charge in [-0.1, -0.05) is 51.7 Å². The molecule has 2 N–H and O–H groups in total. The Morgan fingerprint density at radius 3 is 2.16 bits per heavy atom. The molecule has 0 saturated carbocycles. The Hall–Kier alpha value is -1.32. The first kappa shape index (κ1) is 17.7. The summed E-state index contributed by atoms with van der Waals surface area (Å²) in [6.45, 7) is 3.62. The Morgan fingerprint density at radius 1 is 1.00 bits per heavy atom. The van der Waals surface area contributed by atoms with E-state index in [0.717, 1.165) is 12.8 Å². The maximum Gasteiger partial charge on any atom is 0.307 e. The molecule has 0 fully saturated rings. The van der Waals surface area contributed by atoms with Crippen LogP contribution in [0.1, 0.15) is 58.8 Å². The number of carboxylic acids is 2. The average molecular weight is 270 g/mol. The number of carbonyl (C=O) groups is 2. The van der Waals surface area contributed by atoms with Crippen LogP contribution < -0.4 is 0 Å². The van der Waals surface area contributed by atoms with Gasteiger partial charge in [0.05, 0.1) is 11.8 Å². The first-order valence-corrected chi connectivity index (χ1v) is 7.11. The summed E-state index contributed by atoms with van der Waals surface area (Å²) in [6, 6.07) is 0. The molecule has 0 amide bonds. The second-order valence-electron chi connectivity index (χ2n) is 4.98. The molecule has 110 valence electrons. The summed E-state index contributed by atoms with van der Waals surface area (Å²) in [7, 11) is 0. The molecule has 0 spiro atoms. The molecule has 0 heterocycles. The third kappa shape index (κ3) is 8.41. The summed E-state index contributed by atoms with van der Waals surface area (Å²) in [5, 5.41) is 17.8. The van der Waals surface area contributed by atoms with Crippen LogP contribution in [0, 0.1) is 11.8 Å². The highest BCUT2D eigenvalue weighted by Crippen LogP contribution is 2.17. The Morgan fingerprint density at radius 2 is 1.63 bits per heavy atom. The molecule has 0 rings (SSSR count). The van der Waals surface area contributed by atoms with Crippen LogP contribution in [0.25, 0.3) is 0 Å². The Kier molecular flexibility index (Phi) is 9.85. The zero-order valence-electron chi connectivity index (χ0n) is 12.0. The summed E-state index contributed by atoms with van der Waals surface area (Å²) in [4.78, 5) is 21.8. The van der Waals surface area contributed by atoms with Gasteiger partial charge in [0.2, 0.25) is 0 Å². The molecule has 2 unspecified atom stereocenters. The minimum Gasteiger partial charge on any atom is -0.481 e. The Bertz CT molecular complexity index is 297. The van der Waals surface area contributed by atoms with Crippen LogP contribution in [0.2, 0.25) is 0 Å². The van der Waals surface area contributed by atoms with Gasteiger partial charge in [0.1, 0.15) is 0 Å². The summed E-state index contributed by atoms with van der Waals surface area (Å²) < 4.78 is 0. The lowest BCUT2D eigenvalue weighted by molar-refractivity contribution is -0.152. The molecular weight excluding hydrogens is 244 g/mol. The summed E-state index contributed by atoms with van der Waals surface area (Å²) in [6.07, 6.45) is 11.1. The van der Waals surface area contributed by atoms with Gasteiger partial charge in [0.15, 0.2) is 0 Å². The number of aliphatic carboxylic acids is 2. The molecule has 0 aliphatic carbocycles. The standard InChI is InChI=1S/C15H26O4/c1-3-4-5-6-7-8-9-10-11-13(15(18)19)12(2)14(16)17/h9-10,12-13H,3-8,11H2,1-2H3,(H,16,17)(H,18,19). The van der Waals surface area contributed by atoms with Crippen molar-refractivity contribution in [2.24, 2.45) is 11.8 Å². The van der Waals surface area contributed by atoms with Crippen molar-refractivity contribution in [3.8, 4) is 0 Å². The topological polar surface area (TPSA) is 74.6 Å². The van der Waals surface area contributed by atoms with Crippen LogP contribution in [0.3, 0.4) is 0 Å². The van der Waals surface area contributed by atoms with Gasteiger partial charge in [-0.25, -0.2) is 0 Å². The van der Waals surface area contributed by atoms with Crippen LogP contribution in [0.4, 0.5) is 0 Å². The molecule has 0 aromatic carbocycles. The van der Waals surface area contributed by atoms with Gasteiger partial charge in [-0.05, 0) is 19.3 Å². The highest BCUT2D eigenvalue weighted by Gasteiger charge is 2.28. The fourth-order valence-corrected chi connectivity index (χ4v) is 1.92. The summed E-state index contributed by atoms with van der Waals surface area (Å²) in [5.41, 5.74) is 0. The van der Waals surface area contributed by atoms with E-state index in [2.05, 4.69) is 6.92 Å². The summed E-state index contributed by atoms with van der Waals surface area (Å²) in [5.74, 6) is -3.79. The van der Waals surface area contributed by atoms with E-state index in [1.807, 2.05) is 6.08 Å². The van der Waals surface area contributed by atoms with Crippen LogP contribution in [0.5, 0.6) is 0 Å². The van der Waals surface area contributed by atoms with Crippen molar-refractivity contribution in [2.45, 2.75) is 58.8 Å². The lowest BCUT2D eigenvalue weighted by atomic mass is 9.91. The highest BCUT2D eigenvalue weighted by atomic mass is 16.4. The predicted molar refractivity (Wildman–Crippen MR) is 75.1 cm³/mol. The Balaban J connectivity index is 3.92. The van der Waals surface area contributed by atoms with E-state index < -0.39 is 23.8 Å².